The molecule has 0 aliphatic carbocycles. The van der Waals surface area contributed by atoms with E-state index < -0.39 is 0 Å². The second-order valence-electron chi connectivity index (χ2n) is 5.38. The number of aromatic nitrogens is 2. The average Bonchev–Trinajstić information content (AvgIpc) is 2.79. The van der Waals surface area contributed by atoms with Crippen LogP contribution in [0.25, 0.3) is 5.65 Å². The molecule has 0 fully saturated rings. The van der Waals surface area contributed by atoms with Gasteiger partial charge < -0.3 is 15.0 Å². The number of aryl methyl sites for hydroxylation is 1. The highest BCUT2D eigenvalue weighted by Crippen LogP contribution is 2.11. The Morgan fingerprint density at radius 2 is 2.24 bits per heavy atom. The third kappa shape index (κ3) is 4.04. The molecule has 114 valence electrons. The summed E-state index contributed by atoms with van der Waals surface area (Å²) in [7, 11) is 0. The molecule has 0 saturated heterocycles. The number of imidazole rings is 1. The lowest BCUT2D eigenvalue weighted by Gasteiger charge is -2.11. The van der Waals surface area contributed by atoms with Gasteiger partial charge in [0.15, 0.2) is 0 Å². The second kappa shape index (κ2) is 7.22. The first-order valence-electron chi connectivity index (χ1n) is 7.54. The Hall–Kier alpha value is -1.88. The zero-order chi connectivity index (χ0) is 15.2. The molecule has 1 unspecified atom stereocenters. The average molecular weight is 288 g/mol. The Balaban J connectivity index is 1.83. The number of hydrogen-bond acceptors (Lipinski definition) is 3. The molecule has 21 heavy (non-hydrogen) atoms. The zero-order valence-electron chi connectivity index (χ0n) is 13.0. The molecule has 2 rings (SSSR count). The van der Waals surface area contributed by atoms with Crippen molar-refractivity contribution in [1.82, 2.24) is 20.0 Å². The Kier molecular flexibility index (Phi) is 5.33. The lowest BCUT2D eigenvalue weighted by atomic mass is 10.2. The first-order valence-corrected chi connectivity index (χ1v) is 7.54. The van der Waals surface area contributed by atoms with E-state index in [9.17, 15) is 4.79 Å². The largest absolute Gasteiger partial charge is 0.354 e. The molecule has 0 radical (unpaired) electrons. The van der Waals surface area contributed by atoms with Crippen LogP contribution < -0.4 is 10.6 Å². The molecule has 2 N–H and O–H groups in total. The van der Waals surface area contributed by atoms with Gasteiger partial charge in [-0.3, -0.25) is 4.79 Å². The number of rotatable bonds is 7. The van der Waals surface area contributed by atoms with E-state index in [4.69, 9.17) is 0 Å². The van der Waals surface area contributed by atoms with E-state index in [1.807, 2.05) is 38.2 Å². The number of amides is 1. The van der Waals surface area contributed by atoms with Gasteiger partial charge in [-0.1, -0.05) is 13.0 Å². The predicted octanol–water partition coefficient (Wildman–Crippen LogP) is 2.04. The van der Waals surface area contributed by atoms with Crippen molar-refractivity contribution in [2.24, 2.45) is 0 Å². The molecule has 1 atom stereocenters. The van der Waals surface area contributed by atoms with E-state index in [1.165, 1.54) is 0 Å². The highest BCUT2D eigenvalue weighted by Gasteiger charge is 2.08. The molecule has 2 aromatic rings. The number of pyridine rings is 1. The van der Waals surface area contributed by atoms with Gasteiger partial charge in [-0.15, -0.1) is 0 Å². The van der Waals surface area contributed by atoms with Crippen molar-refractivity contribution in [3.05, 3.63) is 35.8 Å². The molecular weight excluding hydrogens is 264 g/mol. The zero-order valence-corrected chi connectivity index (χ0v) is 13.0. The van der Waals surface area contributed by atoms with Crippen LogP contribution in [0, 0.1) is 6.92 Å². The summed E-state index contributed by atoms with van der Waals surface area (Å²) < 4.78 is 2.08. The van der Waals surface area contributed by atoms with Crippen molar-refractivity contribution in [3.8, 4) is 0 Å². The van der Waals surface area contributed by atoms with Gasteiger partial charge >= 0.3 is 0 Å². The van der Waals surface area contributed by atoms with E-state index in [-0.39, 0.29) is 11.9 Å². The number of hydrogen-bond donors (Lipinski definition) is 2. The maximum Gasteiger partial charge on any atom is 0.221 e. The van der Waals surface area contributed by atoms with Crippen molar-refractivity contribution in [2.45, 2.75) is 46.2 Å². The van der Waals surface area contributed by atoms with Crippen molar-refractivity contribution >= 4 is 11.6 Å². The Morgan fingerprint density at radius 3 is 3.00 bits per heavy atom. The topological polar surface area (TPSA) is 58.4 Å². The third-order valence-electron chi connectivity index (χ3n) is 3.67. The van der Waals surface area contributed by atoms with Crippen LogP contribution in [0.2, 0.25) is 0 Å². The van der Waals surface area contributed by atoms with Gasteiger partial charge in [-0.05, 0) is 32.4 Å². The predicted molar refractivity (Wildman–Crippen MR) is 84.1 cm³/mol. The van der Waals surface area contributed by atoms with E-state index in [0.717, 1.165) is 23.5 Å². The molecule has 0 aliphatic heterocycles. The minimum Gasteiger partial charge on any atom is -0.354 e. The Morgan fingerprint density at radius 1 is 1.43 bits per heavy atom. The third-order valence-corrected chi connectivity index (χ3v) is 3.67. The molecule has 0 saturated carbocycles. The van der Waals surface area contributed by atoms with E-state index in [1.54, 1.807) is 0 Å². The minimum absolute atomic E-state index is 0.103. The Labute approximate surface area is 125 Å². The van der Waals surface area contributed by atoms with Crippen LogP contribution in [0.1, 0.15) is 38.1 Å². The molecule has 0 bridgehead atoms. The highest BCUT2D eigenvalue weighted by atomic mass is 16.1. The number of nitrogens with one attached hydrogen (secondary N) is 2. The van der Waals surface area contributed by atoms with Crippen LogP contribution >= 0.6 is 0 Å². The summed E-state index contributed by atoms with van der Waals surface area (Å²) in [6.07, 6.45) is 3.47. The smallest absolute Gasteiger partial charge is 0.221 e. The molecular formula is C16H24N4O. The van der Waals surface area contributed by atoms with E-state index >= 15 is 0 Å². The fourth-order valence-electron chi connectivity index (χ4n) is 2.23. The lowest BCUT2D eigenvalue weighted by Crippen LogP contribution is -2.34. The number of carbonyl (C=O) groups excluding carboxylic acids is 1. The maximum atomic E-state index is 11.7. The van der Waals surface area contributed by atoms with Crippen LogP contribution in [0.5, 0.6) is 0 Å². The van der Waals surface area contributed by atoms with Gasteiger partial charge in [0.05, 0.1) is 11.4 Å². The normalized spacial score (nSPS) is 12.5. The first-order chi connectivity index (χ1) is 10.1. The number of nitrogens with zero attached hydrogens (tertiary/aromatic N) is 2. The summed E-state index contributed by atoms with van der Waals surface area (Å²) in [6.45, 7) is 7.48. The molecule has 0 spiro atoms. The van der Waals surface area contributed by atoms with Crippen LogP contribution in [-0.4, -0.2) is 27.9 Å². The van der Waals surface area contributed by atoms with Gasteiger partial charge in [-0.2, -0.15) is 0 Å². The standard InChI is InChI=1S/C16H24N4O/c1-4-12(2)18-16(21)8-9-17-11-14-13(3)19-15-7-5-6-10-20(14)15/h5-7,10,12,17H,4,8-9,11H2,1-3H3,(H,18,21). The molecule has 0 aromatic carbocycles. The summed E-state index contributed by atoms with van der Waals surface area (Å²) in [5.41, 5.74) is 3.13. The van der Waals surface area contributed by atoms with Gasteiger partial charge in [0.25, 0.3) is 0 Å². The van der Waals surface area contributed by atoms with Crippen LogP contribution in [0.3, 0.4) is 0 Å². The quantitative estimate of drug-likeness (QED) is 0.767. The van der Waals surface area contributed by atoms with Crippen molar-refractivity contribution in [1.29, 1.82) is 0 Å². The summed E-state index contributed by atoms with van der Waals surface area (Å²) >= 11 is 0. The van der Waals surface area contributed by atoms with Crippen molar-refractivity contribution in [3.63, 3.8) is 0 Å². The first kappa shape index (κ1) is 15.5. The number of carbonyl (C=O) groups is 1. The maximum absolute atomic E-state index is 11.7. The fourth-order valence-corrected chi connectivity index (χ4v) is 2.23. The number of fused-ring (bicyclic) bond motifs is 1. The minimum atomic E-state index is 0.103. The summed E-state index contributed by atoms with van der Waals surface area (Å²) in [6, 6.07) is 6.23. The molecule has 0 aliphatic rings. The summed E-state index contributed by atoms with van der Waals surface area (Å²) in [5, 5.41) is 6.29. The SMILES string of the molecule is CCC(C)NC(=O)CCNCc1c(C)nc2ccccn12. The van der Waals surface area contributed by atoms with Gasteiger partial charge in [0, 0.05) is 31.7 Å². The fraction of sp³-hybridized carbons (Fsp3) is 0.500. The van der Waals surface area contributed by atoms with E-state index in [2.05, 4.69) is 26.9 Å². The Bertz CT molecular complexity index is 605. The molecule has 2 aromatic heterocycles. The highest BCUT2D eigenvalue weighted by molar-refractivity contribution is 5.76. The monoisotopic (exact) mass is 288 g/mol. The summed E-state index contributed by atoms with van der Waals surface area (Å²) in [5.74, 6) is 0.103. The van der Waals surface area contributed by atoms with Crippen LogP contribution in [-0.2, 0) is 11.3 Å². The van der Waals surface area contributed by atoms with Gasteiger partial charge in [0.2, 0.25) is 5.91 Å². The second-order valence-corrected chi connectivity index (χ2v) is 5.38. The van der Waals surface area contributed by atoms with Gasteiger partial charge in [0.1, 0.15) is 5.65 Å². The molecule has 1 amide bonds. The van der Waals surface area contributed by atoms with Crippen molar-refractivity contribution < 1.29 is 4.79 Å². The lowest BCUT2D eigenvalue weighted by molar-refractivity contribution is -0.121. The van der Waals surface area contributed by atoms with Crippen molar-refractivity contribution in [2.75, 3.05) is 6.54 Å². The van der Waals surface area contributed by atoms with Gasteiger partial charge in [-0.25, -0.2) is 4.98 Å². The molecule has 2 heterocycles. The van der Waals surface area contributed by atoms with Crippen LogP contribution in [0.4, 0.5) is 0 Å². The molecule has 5 nitrogen and oxygen atoms in total. The summed E-state index contributed by atoms with van der Waals surface area (Å²) in [4.78, 5) is 16.2. The van der Waals surface area contributed by atoms with E-state index in [0.29, 0.717) is 19.5 Å². The molecule has 5 heteroatoms. The van der Waals surface area contributed by atoms with Crippen LogP contribution in [0.15, 0.2) is 24.4 Å².